The molecule has 0 saturated carbocycles. The van der Waals surface area contributed by atoms with Crippen LogP contribution in [0.25, 0.3) is 0 Å². The van der Waals surface area contributed by atoms with Gasteiger partial charge in [-0.05, 0) is 25.5 Å². The largest absolute Gasteiger partial charge is 0.243 e. The van der Waals surface area contributed by atoms with Crippen molar-refractivity contribution in [2.45, 2.75) is 50.5 Å². The predicted octanol–water partition coefficient (Wildman–Crippen LogP) is 4.23. The van der Waals surface area contributed by atoms with Crippen molar-refractivity contribution in [2.24, 2.45) is 0 Å². The van der Waals surface area contributed by atoms with Crippen molar-refractivity contribution in [3.63, 3.8) is 0 Å². The predicted molar refractivity (Wildman–Crippen MR) is 90.0 cm³/mol. The van der Waals surface area contributed by atoms with Gasteiger partial charge in [0, 0.05) is 11.0 Å². The van der Waals surface area contributed by atoms with Crippen LogP contribution in [-0.2, 0) is 10.0 Å². The molecule has 3 nitrogen and oxygen atoms in total. The zero-order valence-corrected chi connectivity index (χ0v) is 15.0. The molecule has 0 aromatic heterocycles. The molecule has 1 aliphatic rings. The van der Waals surface area contributed by atoms with Crippen LogP contribution < -0.4 is 0 Å². The van der Waals surface area contributed by atoms with E-state index in [4.69, 9.17) is 0 Å². The van der Waals surface area contributed by atoms with Crippen molar-refractivity contribution < 1.29 is 8.42 Å². The summed E-state index contributed by atoms with van der Waals surface area (Å²) in [6.07, 6.45) is 6.15. The molecule has 0 radical (unpaired) electrons. The summed E-state index contributed by atoms with van der Waals surface area (Å²) in [7, 11) is -3.42. The fraction of sp³-hybridized carbons (Fsp3) is 0.500. The number of halogens is 1. The smallest absolute Gasteiger partial charge is 0.207 e. The first-order chi connectivity index (χ1) is 9.96. The monoisotopic (exact) mass is 371 g/mol. The Labute approximate surface area is 136 Å². The van der Waals surface area contributed by atoms with Crippen LogP contribution in [0.4, 0.5) is 0 Å². The highest BCUT2D eigenvalue weighted by Crippen LogP contribution is 2.32. The molecular weight excluding hydrogens is 350 g/mol. The molecule has 0 N–H and O–H groups in total. The number of hydrogen-bond acceptors (Lipinski definition) is 2. The lowest BCUT2D eigenvalue weighted by atomic mass is 10.1. The van der Waals surface area contributed by atoms with Gasteiger partial charge in [-0.25, -0.2) is 8.42 Å². The van der Waals surface area contributed by atoms with Crippen LogP contribution in [0.2, 0.25) is 0 Å². The molecule has 0 bridgehead atoms. The highest BCUT2D eigenvalue weighted by molar-refractivity contribution is 9.11. The summed E-state index contributed by atoms with van der Waals surface area (Å²) in [4.78, 5) is 0.379. The van der Waals surface area contributed by atoms with E-state index in [1.54, 1.807) is 16.4 Å². The standard InChI is InChI=1S/C16H22BrNO2S/c1-3-4-5-6-16-15(17)11-12-18(16)21(19,20)14-9-7-13(2)8-10-14/h7-11,16H,3-6,12H2,1-2H3/t16-/m1/s1. The SMILES string of the molecule is CCCCC[C@@H]1C(Br)=CCN1S(=O)(=O)c1ccc(C)cc1. The van der Waals surface area contributed by atoms with Crippen LogP contribution in [0.5, 0.6) is 0 Å². The Morgan fingerprint density at radius 1 is 1.24 bits per heavy atom. The number of hydrogen-bond donors (Lipinski definition) is 0. The number of nitrogens with zero attached hydrogens (tertiary/aromatic N) is 1. The molecule has 2 rings (SSSR count). The normalized spacial score (nSPS) is 19.8. The molecule has 0 spiro atoms. The van der Waals surface area contributed by atoms with Crippen LogP contribution in [0, 0.1) is 6.92 Å². The summed E-state index contributed by atoms with van der Waals surface area (Å²) in [5, 5.41) is 0. The highest BCUT2D eigenvalue weighted by atomic mass is 79.9. The second kappa shape index (κ2) is 7.07. The Kier molecular flexibility index (Phi) is 5.63. The van der Waals surface area contributed by atoms with E-state index in [0.717, 1.165) is 35.7 Å². The number of aryl methyl sites for hydroxylation is 1. The Bertz CT molecular complexity index is 608. The first kappa shape index (κ1) is 16.7. The van der Waals surface area contributed by atoms with Crippen molar-refractivity contribution in [1.29, 1.82) is 0 Å². The first-order valence-electron chi connectivity index (χ1n) is 7.41. The lowest BCUT2D eigenvalue weighted by molar-refractivity contribution is 0.383. The summed E-state index contributed by atoms with van der Waals surface area (Å²) in [6, 6.07) is 7.03. The Hall–Kier alpha value is -0.650. The Morgan fingerprint density at radius 3 is 2.52 bits per heavy atom. The summed E-state index contributed by atoms with van der Waals surface area (Å²) >= 11 is 3.53. The van der Waals surface area contributed by atoms with Gasteiger partial charge in [0.05, 0.1) is 10.9 Å². The summed E-state index contributed by atoms with van der Waals surface area (Å²) in [6.45, 7) is 4.56. The minimum Gasteiger partial charge on any atom is -0.207 e. The van der Waals surface area contributed by atoms with Gasteiger partial charge in [-0.15, -0.1) is 0 Å². The first-order valence-corrected chi connectivity index (χ1v) is 9.64. The maximum atomic E-state index is 12.8. The molecule has 0 saturated heterocycles. The van der Waals surface area contributed by atoms with Gasteiger partial charge >= 0.3 is 0 Å². The number of sulfonamides is 1. The van der Waals surface area contributed by atoms with E-state index in [1.807, 2.05) is 25.1 Å². The average Bonchev–Trinajstić information content (AvgIpc) is 2.82. The third kappa shape index (κ3) is 3.76. The maximum absolute atomic E-state index is 12.8. The van der Waals surface area contributed by atoms with Crippen molar-refractivity contribution in [3.05, 3.63) is 40.4 Å². The molecule has 0 amide bonds. The molecule has 1 atom stereocenters. The van der Waals surface area contributed by atoms with Crippen LogP contribution in [0.3, 0.4) is 0 Å². The van der Waals surface area contributed by atoms with Crippen molar-refractivity contribution in [1.82, 2.24) is 4.31 Å². The molecule has 1 heterocycles. The van der Waals surface area contributed by atoms with Gasteiger partial charge in [-0.2, -0.15) is 4.31 Å². The van der Waals surface area contributed by atoms with Gasteiger partial charge < -0.3 is 0 Å². The Balaban J connectivity index is 2.20. The molecule has 5 heteroatoms. The van der Waals surface area contributed by atoms with Gasteiger partial charge in [0.25, 0.3) is 0 Å². The summed E-state index contributed by atoms with van der Waals surface area (Å²) < 4.78 is 28.2. The fourth-order valence-corrected chi connectivity index (χ4v) is 4.89. The van der Waals surface area contributed by atoms with Crippen LogP contribution in [-0.4, -0.2) is 25.3 Å². The minimum absolute atomic E-state index is 0.0529. The fourth-order valence-electron chi connectivity index (χ4n) is 2.56. The average molecular weight is 372 g/mol. The van der Waals surface area contributed by atoms with Crippen LogP contribution in [0.1, 0.15) is 38.2 Å². The van der Waals surface area contributed by atoms with E-state index >= 15 is 0 Å². The number of rotatable bonds is 6. The maximum Gasteiger partial charge on any atom is 0.243 e. The van der Waals surface area contributed by atoms with E-state index in [9.17, 15) is 8.42 Å². The molecule has 0 fully saturated rings. The quantitative estimate of drug-likeness (QED) is 0.701. The van der Waals surface area contributed by atoms with Crippen molar-refractivity contribution >= 4 is 26.0 Å². The Morgan fingerprint density at radius 2 is 1.90 bits per heavy atom. The third-order valence-corrected chi connectivity index (χ3v) is 6.58. The molecule has 1 aromatic rings. The third-order valence-electron chi connectivity index (χ3n) is 3.84. The van der Waals surface area contributed by atoms with Crippen LogP contribution in [0.15, 0.2) is 39.7 Å². The summed E-state index contributed by atoms with van der Waals surface area (Å²) in [5.41, 5.74) is 1.06. The minimum atomic E-state index is -3.42. The summed E-state index contributed by atoms with van der Waals surface area (Å²) in [5.74, 6) is 0. The molecule has 0 aliphatic carbocycles. The second-order valence-corrected chi connectivity index (χ2v) is 8.29. The van der Waals surface area contributed by atoms with E-state index < -0.39 is 10.0 Å². The van der Waals surface area contributed by atoms with E-state index in [1.165, 1.54) is 0 Å². The zero-order chi connectivity index (χ0) is 15.5. The molecule has 116 valence electrons. The number of benzene rings is 1. The van der Waals surface area contributed by atoms with Gasteiger partial charge in [0.2, 0.25) is 10.0 Å². The van der Waals surface area contributed by atoms with Crippen molar-refractivity contribution in [3.8, 4) is 0 Å². The molecule has 1 aromatic carbocycles. The van der Waals surface area contributed by atoms with Gasteiger partial charge in [0.1, 0.15) is 0 Å². The lowest BCUT2D eigenvalue weighted by Gasteiger charge is -2.25. The lowest BCUT2D eigenvalue weighted by Crippen LogP contribution is -2.36. The molecule has 0 unspecified atom stereocenters. The molecule has 1 aliphatic heterocycles. The van der Waals surface area contributed by atoms with Gasteiger partial charge in [-0.3, -0.25) is 0 Å². The highest BCUT2D eigenvalue weighted by Gasteiger charge is 2.35. The topological polar surface area (TPSA) is 37.4 Å². The van der Waals surface area contributed by atoms with E-state index in [0.29, 0.717) is 11.4 Å². The van der Waals surface area contributed by atoms with Gasteiger partial charge in [-0.1, -0.05) is 65.9 Å². The zero-order valence-electron chi connectivity index (χ0n) is 12.5. The molecule has 21 heavy (non-hydrogen) atoms. The van der Waals surface area contributed by atoms with Gasteiger partial charge in [0.15, 0.2) is 0 Å². The van der Waals surface area contributed by atoms with Crippen LogP contribution >= 0.6 is 15.9 Å². The second-order valence-electron chi connectivity index (χ2n) is 5.49. The van der Waals surface area contributed by atoms with E-state index in [2.05, 4.69) is 22.9 Å². The van der Waals surface area contributed by atoms with E-state index in [-0.39, 0.29) is 6.04 Å². The molecular formula is C16H22BrNO2S. The number of unbranched alkanes of at least 4 members (excludes halogenated alkanes) is 2. The van der Waals surface area contributed by atoms with Crippen molar-refractivity contribution in [2.75, 3.05) is 6.54 Å².